The van der Waals surface area contributed by atoms with E-state index >= 15 is 0 Å². The van der Waals surface area contributed by atoms with Gasteiger partial charge < -0.3 is 14.8 Å². The van der Waals surface area contributed by atoms with Crippen LogP contribution in [0.4, 0.5) is 5.69 Å². The van der Waals surface area contributed by atoms with E-state index in [2.05, 4.69) is 5.32 Å². The van der Waals surface area contributed by atoms with Gasteiger partial charge in [0.05, 0.1) is 12.8 Å². The summed E-state index contributed by atoms with van der Waals surface area (Å²) in [7, 11) is 1.53. The van der Waals surface area contributed by atoms with E-state index in [-0.39, 0.29) is 0 Å². The Bertz CT molecular complexity index is 667. The Morgan fingerprint density at radius 1 is 1.27 bits per heavy atom. The third-order valence-corrected chi connectivity index (χ3v) is 3.84. The topological polar surface area (TPSA) is 64.6 Å². The first-order valence-electron chi connectivity index (χ1n) is 6.71. The van der Waals surface area contributed by atoms with Crippen molar-refractivity contribution in [2.75, 3.05) is 12.4 Å². The summed E-state index contributed by atoms with van der Waals surface area (Å²) in [4.78, 5) is 24.5. The molecule has 116 valence electrons. The largest absolute Gasteiger partial charge is 0.495 e. The number of hydrogen-bond donors (Lipinski definition) is 1. The first-order chi connectivity index (χ1) is 10.5. The van der Waals surface area contributed by atoms with Crippen molar-refractivity contribution in [1.82, 2.24) is 0 Å². The minimum absolute atomic E-state index is 0.409. The van der Waals surface area contributed by atoms with Crippen LogP contribution >= 0.6 is 11.3 Å². The quantitative estimate of drug-likeness (QED) is 0.859. The molecule has 1 N–H and O–H groups in total. The number of rotatable bonds is 5. The maximum atomic E-state index is 12.2. The first kappa shape index (κ1) is 16.0. The van der Waals surface area contributed by atoms with Gasteiger partial charge in [0, 0.05) is 0 Å². The molecule has 0 aliphatic rings. The molecule has 2 rings (SSSR count). The molecule has 0 fully saturated rings. The van der Waals surface area contributed by atoms with Crippen molar-refractivity contribution in [2.24, 2.45) is 0 Å². The predicted molar refractivity (Wildman–Crippen MR) is 85.6 cm³/mol. The standard InChI is InChI=1S/C16H17NO4S/c1-10-6-7-13(20-3)12(9-10)17-15(18)11(2)21-16(19)14-5-4-8-22-14/h4-9,11H,1-3H3,(H,17,18). The van der Waals surface area contributed by atoms with Crippen LogP contribution in [0.1, 0.15) is 22.2 Å². The third kappa shape index (κ3) is 3.85. The number of carbonyl (C=O) groups is 2. The van der Waals surface area contributed by atoms with E-state index in [4.69, 9.17) is 9.47 Å². The number of esters is 1. The number of nitrogens with one attached hydrogen (secondary N) is 1. The van der Waals surface area contributed by atoms with Crippen LogP contribution in [0.5, 0.6) is 5.75 Å². The van der Waals surface area contributed by atoms with Crippen LogP contribution in [0.25, 0.3) is 0 Å². The summed E-state index contributed by atoms with van der Waals surface area (Å²) in [6, 6.07) is 8.86. The summed E-state index contributed by atoms with van der Waals surface area (Å²) >= 11 is 1.27. The van der Waals surface area contributed by atoms with Gasteiger partial charge in [-0.3, -0.25) is 4.79 Å². The number of aryl methyl sites for hydroxylation is 1. The van der Waals surface area contributed by atoms with Crippen LogP contribution in [0.15, 0.2) is 35.7 Å². The molecule has 1 amide bonds. The van der Waals surface area contributed by atoms with Gasteiger partial charge in [-0.05, 0) is 43.0 Å². The summed E-state index contributed by atoms with van der Waals surface area (Å²) in [5.74, 6) is -0.363. The molecule has 0 bridgehead atoms. The Morgan fingerprint density at radius 2 is 2.05 bits per heavy atom. The van der Waals surface area contributed by atoms with Gasteiger partial charge in [0.2, 0.25) is 0 Å². The molecule has 0 aliphatic heterocycles. The van der Waals surface area contributed by atoms with Gasteiger partial charge in [0.15, 0.2) is 6.10 Å². The van der Waals surface area contributed by atoms with Crippen LogP contribution in [-0.2, 0) is 9.53 Å². The Labute approximate surface area is 132 Å². The van der Waals surface area contributed by atoms with Crippen molar-refractivity contribution in [3.8, 4) is 5.75 Å². The van der Waals surface area contributed by atoms with Crippen molar-refractivity contribution in [3.05, 3.63) is 46.2 Å². The molecule has 6 heteroatoms. The highest BCUT2D eigenvalue weighted by Gasteiger charge is 2.20. The van der Waals surface area contributed by atoms with Gasteiger partial charge in [-0.25, -0.2) is 4.79 Å². The smallest absolute Gasteiger partial charge is 0.349 e. The lowest BCUT2D eigenvalue weighted by molar-refractivity contribution is -0.123. The molecule has 0 aliphatic carbocycles. The van der Waals surface area contributed by atoms with Gasteiger partial charge in [0.25, 0.3) is 5.91 Å². The molecule has 1 aromatic carbocycles. The van der Waals surface area contributed by atoms with E-state index in [0.29, 0.717) is 16.3 Å². The summed E-state index contributed by atoms with van der Waals surface area (Å²) in [6.45, 7) is 3.44. The van der Waals surface area contributed by atoms with Crippen molar-refractivity contribution >= 4 is 28.9 Å². The lowest BCUT2D eigenvalue weighted by atomic mass is 10.2. The Kier molecular flexibility index (Phi) is 5.16. The molecule has 22 heavy (non-hydrogen) atoms. The molecular formula is C16H17NO4S. The second-order valence-corrected chi connectivity index (χ2v) is 5.67. The van der Waals surface area contributed by atoms with Crippen LogP contribution in [0, 0.1) is 6.92 Å². The molecule has 2 aromatic rings. The van der Waals surface area contributed by atoms with Gasteiger partial charge in [-0.1, -0.05) is 12.1 Å². The van der Waals surface area contributed by atoms with Crippen LogP contribution in [0.2, 0.25) is 0 Å². The zero-order valence-electron chi connectivity index (χ0n) is 12.6. The second kappa shape index (κ2) is 7.09. The summed E-state index contributed by atoms with van der Waals surface area (Å²) in [5.41, 5.74) is 1.53. The fourth-order valence-corrected chi connectivity index (χ4v) is 2.43. The molecule has 0 spiro atoms. The van der Waals surface area contributed by atoms with Crippen molar-refractivity contribution in [3.63, 3.8) is 0 Å². The third-order valence-electron chi connectivity index (χ3n) is 2.99. The average molecular weight is 319 g/mol. The molecule has 1 atom stereocenters. The molecule has 0 saturated heterocycles. The van der Waals surface area contributed by atoms with E-state index in [1.54, 1.807) is 29.6 Å². The Hall–Kier alpha value is -2.34. The highest BCUT2D eigenvalue weighted by molar-refractivity contribution is 7.11. The monoisotopic (exact) mass is 319 g/mol. The lowest BCUT2D eigenvalue weighted by Gasteiger charge is -2.15. The van der Waals surface area contributed by atoms with E-state index in [1.807, 2.05) is 13.0 Å². The maximum Gasteiger partial charge on any atom is 0.349 e. The van der Waals surface area contributed by atoms with E-state index < -0.39 is 18.0 Å². The summed E-state index contributed by atoms with van der Waals surface area (Å²) in [5, 5.41) is 4.49. The number of thiophene rings is 1. The molecule has 5 nitrogen and oxygen atoms in total. The van der Waals surface area contributed by atoms with E-state index in [9.17, 15) is 9.59 Å². The normalized spacial score (nSPS) is 11.6. The zero-order valence-corrected chi connectivity index (χ0v) is 13.4. The predicted octanol–water partition coefficient (Wildman–Crippen LogP) is 3.25. The average Bonchev–Trinajstić information content (AvgIpc) is 3.01. The molecule has 0 saturated carbocycles. The molecular weight excluding hydrogens is 302 g/mol. The van der Waals surface area contributed by atoms with E-state index in [1.165, 1.54) is 25.4 Å². The zero-order chi connectivity index (χ0) is 16.1. The fraction of sp³-hybridized carbons (Fsp3) is 0.250. The van der Waals surface area contributed by atoms with Crippen molar-refractivity contribution < 1.29 is 19.1 Å². The number of hydrogen-bond acceptors (Lipinski definition) is 5. The van der Waals surface area contributed by atoms with Crippen molar-refractivity contribution in [1.29, 1.82) is 0 Å². The number of methoxy groups -OCH3 is 1. The molecule has 1 aromatic heterocycles. The van der Waals surface area contributed by atoms with Crippen LogP contribution in [0.3, 0.4) is 0 Å². The second-order valence-electron chi connectivity index (χ2n) is 4.72. The number of carbonyl (C=O) groups excluding carboxylic acids is 2. The number of benzene rings is 1. The fourth-order valence-electron chi connectivity index (χ4n) is 1.82. The summed E-state index contributed by atoms with van der Waals surface area (Å²) in [6.07, 6.45) is -0.903. The number of anilines is 1. The lowest BCUT2D eigenvalue weighted by Crippen LogP contribution is -2.30. The van der Waals surface area contributed by atoms with Crippen molar-refractivity contribution in [2.45, 2.75) is 20.0 Å². The Balaban J connectivity index is 2.02. The Morgan fingerprint density at radius 3 is 2.68 bits per heavy atom. The van der Waals surface area contributed by atoms with Gasteiger partial charge in [0.1, 0.15) is 10.6 Å². The molecule has 0 radical (unpaired) electrons. The highest BCUT2D eigenvalue weighted by atomic mass is 32.1. The number of amides is 1. The van der Waals surface area contributed by atoms with Gasteiger partial charge >= 0.3 is 5.97 Å². The van der Waals surface area contributed by atoms with E-state index in [0.717, 1.165) is 5.56 Å². The molecule has 1 heterocycles. The minimum atomic E-state index is -0.903. The van der Waals surface area contributed by atoms with Crippen LogP contribution in [-0.4, -0.2) is 25.1 Å². The van der Waals surface area contributed by atoms with Gasteiger partial charge in [-0.15, -0.1) is 11.3 Å². The van der Waals surface area contributed by atoms with Crippen LogP contribution < -0.4 is 10.1 Å². The minimum Gasteiger partial charge on any atom is -0.495 e. The number of ether oxygens (including phenoxy) is 2. The first-order valence-corrected chi connectivity index (χ1v) is 7.59. The van der Waals surface area contributed by atoms with Gasteiger partial charge in [-0.2, -0.15) is 0 Å². The maximum absolute atomic E-state index is 12.2. The highest BCUT2D eigenvalue weighted by Crippen LogP contribution is 2.25. The SMILES string of the molecule is COc1ccc(C)cc1NC(=O)C(C)OC(=O)c1cccs1. The molecule has 1 unspecified atom stereocenters. The summed E-state index contributed by atoms with van der Waals surface area (Å²) < 4.78 is 10.4.